The van der Waals surface area contributed by atoms with Crippen LogP contribution in [0.15, 0.2) is 12.1 Å². The van der Waals surface area contributed by atoms with E-state index in [2.05, 4.69) is 0 Å². The summed E-state index contributed by atoms with van der Waals surface area (Å²) in [4.78, 5) is 24.7. The van der Waals surface area contributed by atoms with E-state index in [4.69, 9.17) is 0 Å². The van der Waals surface area contributed by atoms with Crippen LogP contribution < -0.4 is 0 Å². The van der Waals surface area contributed by atoms with Crippen molar-refractivity contribution in [2.45, 2.75) is 19.9 Å². The van der Waals surface area contributed by atoms with E-state index in [9.17, 15) is 19.8 Å². The van der Waals surface area contributed by atoms with E-state index in [1.165, 1.54) is 0 Å². The molecule has 0 aromatic heterocycles. The summed E-state index contributed by atoms with van der Waals surface area (Å²) in [6.45, 7) is 3.45. The van der Waals surface area contributed by atoms with Crippen LogP contribution in [0.1, 0.15) is 34.6 Å². The average molecular weight is 221 g/mol. The maximum atomic E-state index is 11.8. The summed E-state index contributed by atoms with van der Waals surface area (Å²) in [7, 11) is 0. The third-order valence-corrected chi connectivity index (χ3v) is 2.53. The van der Waals surface area contributed by atoms with Crippen molar-refractivity contribution >= 4 is 11.8 Å². The highest BCUT2D eigenvalue weighted by Gasteiger charge is 2.37. The number of imide groups is 1. The fourth-order valence-electron chi connectivity index (χ4n) is 1.75. The van der Waals surface area contributed by atoms with Gasteiger partial charge >= 0.3 is 0 Å². The van der Waals surface area contributed by atoms with E-state index >= 15 is 0 Å². The first-order valence-electron chi connectivity index (χ1n) is 4.87. The van der Waals surface area contributed by atoms with E-state index in [1.807, 2.05) is 0 Å². The van der Waals surface area contributed by atoms with Gasteiger partial charge in [-0.3, -0.25) is 14.5 Å². The van der Waals surface area contributed by atoms with E-state index < -0.39 is 23.3 Å². The van der Waals surface area contributed by atoms with Crippen LogP contribution in [0.25, 0.3) is 0 Å². The van der Waals surface area contributed by atoms with Crippen molar-refractivity contribution < 1.29 is 19.8 Å². The van der Waals surface area contributed by atoms with E-state index in [1.54, 1.807) is 13.8 Å². The molecule has 0 radical (unpaired) electrons. The van der Waals surface area contributed by atoms with Crippen molar-refractivity contribution in [1.82, 2.24) is 4.90 Å². The normalized spacial score (nSPS) is 14.8. The summed E-state index contributed by atoms with van der Waals surface area (Å²) in [6.07, 6.45) is 0. The third kappa shape index (κ3) is 1.25. The molecule has 2 amide bonds. The molecular weight excluding hydrogens is 210 g/mol. The summed E-state index contributed by atoms with van der Waals surface area (Å²) in [5.41, 5.74) is 0.267. The molecule has 5 heteroatoms. The van der Waals surface area contributed by atoms with Crippen LogP contribution in [0.2, 0.25) is 0 Å². The molecule has 0 atom stereocenters. The number of hydrogen-bond acceptors (Lipinski definition) is 4. The Bertz CT molecular complexity index is 452. The molecule has 0 spiro atoms. The van der Waals surface area contributed by atoms with Gasteiger partial charge in [-0.05, 0) is 26.0 Å². The van der Waals surface area contributed by atoms with Crippen LogP contribution in [0.3, 0.4) is 0 Å². The molecule has 0 saturated heterocycles. The van der Waals surface area contributed by atoms with Gasteiger partial charge in [-0.1, -0.05) is 0 Å². The minimum atomic E-state index is -0.440. The van der Waals surface area contributed by atoms with Crippen molar-refractivity contribution in [2.24, 2.45) is 0 Å². The van der Waals surface area contributed by atoms with E-state index in [0.717, 1.165) is 17.0 Å². The second-order valence-corrected chi connectivity index (χ2v) is 3.96. The Balaban J connectivity index is 2.60. The van der Waals surface area contributed by atoms with Crippen LogP contribution in [0.4, 0.5) is 0 Å². The number of amides is 2. The quantitative estimate of drug-likeness (QED) is 0.550. The Morgan fingerprint density at radius 1 is 1.00 bits per heavy atom. The second-order valence-electron chi connectivity index (χ2n) is 3.96. The predicted octanol–water partition coefficient (Wildman–Crippen LogP) is 1.10. The van der Waals surface area contributed by atoms with Gasteiger partial charge in [0.05, 0.1) is 11.1 Å². The fourth-order valence-corrected chi connectivity index (χ4v) is 1.75. The molecule has 5 nitrogen and oxygen atoms in total. The number of carbonyl (C=O) groups is 2. The number of aromatic hydroxyl groups is 2. The highest BCUT2D eigenvalue weighted by molar-refractivity contribution is 6.22. The zero-order valence-electron chi connectivity index (χ0n) is 8.89. The fraction of sp³-hybridized carbons (Fsp3) is 0.273. The molecule has 0 saturated carbocycles. The molecule has 2 rings (SSSR count). The van der Waals surface area contributed by atoms with Gasteiger partial charge in [-0.15, -0.1) is 0 Å². The van der Waals surface area contributed by atoms with Gasteiger partial charge in [0.1, 0.15) is 0 Å². The molecule has 0 aliphatic carbocycles. The lowest BCUT2D eigenvalue weighted by molar-refractivity contribution is 0.0609. The molecule has 0 fully saturated rings. The SMILES string of the molecule is CC(C)N1C(=O)c2cc(O)c(O)cc2C1=O. The Morgan fingerprint density at radius 3 is 1.69 bits per heavy atom. The first-order valence-corrected chi connectivity index (χ1v) is 4.87. The molecule has 0 unspecified atom stereocenters. The smallest absolute Gasteiger partial charge is 0.261 e. The Morgan fingerprint density at radius 2 is 1.38 bits per heavy atom. The predicted molar refractivity (Wildman–Crippen MR) is 55.4 cm³/mol. The number of fused-ring (bicyclic) bond motifs is 1. The molecule has 0 bridgehead atoms. The van der Waals surface area contributed by atoms with Crippen molar-refractivity contribution in [3.8, 4) is 11.5 Å². The zero-order chi connectivity index (χ0) is 12.0. The van der Waals surface area contributed by atoms with Gasteiger partial charge in [-0.2, -0.15) is 0 Å². The Hall–Kier alpha value is -2.04. The summed E-state index contributed by atoms with van der Waals surface area (Å²) in [5.74, 6) is -1.67. The van der Waals surface area contributed by atoms with Gasteiger partial charge in [0, 0.05) is 6.04 Å². The van der Waals surface area contributed by atoms with Gasteiger partial charge in [0.25, 0.3) is 11.8 Å². The molecule has 1 aromatic rings. The van der Waals surface area contributed by atoms with Crippen LogP contribution in [0, 0.1) is 0 Å². The largest absolute Gasteiger partial charge is 0.504 e. The average Bonchev–Trinajstić information content (AvgIpc) is 2.41. The number of benzene rings is 1. The first kappa shape index (κ1) is 10.5. The molecular formula is C11H11NO4. The Labute approximate surface area is 91.9 Å². The van der Waals surface area contributed by atoms with Gasteiger partial charge < -0.3 is 10.2 Å². The molecule has 1 aromatic carbocycles. The van der Waals surface area contributed by atoms with Crippen LogP contribution >= 0.6 is 0 Å². The zero-order valence-corrected chi connectivity index (χ0v) is 8.89. The number of hydrogen-bond donors (Lipinski definition) is 2. The molecule has 1 aliphatic heterocycles. The van der Waals surface area contributed by atoms with Crippen molar-refractivity contribution in [1.29, 1.82) is 0 Å². The molecule has 84 valence electrons. The highest BCUT2D eigenvalue weighted by atomic mass is 16.3. The standard InChI is InChI=1S/C11H11NO4/c1-5(2)12-10(15)6-3-8(13)9(14)4-7(6)11(12)16/h3-5,13-14H,1-2H3. The molecule has 1 heterocycles. The maximum absolute atomic E-state index is 11.8. The van der Waals surface area contributed by atoms with E-state index in [0.29, 0.717) is 0 Å². The number of phenols is 2. The summed E-state index contributed by atoms with van der Waals surface area (Å²) >= 11 is 0. The van der Waals surface area contributed by atoms with Crippen molar-refractivity contribution in [2.75, 3.05) is 0 Å². The highest BCUT2D eigenvalue weighted by Crippen LogP contribution is 2.33. The number of phenolic OH excluding ortho intramolecular Hbond substituents is 2. The summed E-state index contributed by atoms with van der Waals surface area (Å²) < 4.78 is 0. The Kier molecular flexibility index (Phi) is 2.11. The minimum absolute atomic E-state index is 0.133. The lowest BCUT2D eigenvalue weighted by atomic mass is 10.1. The molecule has 1 aliphatic rings. The van der Waals surface area contributed by atoms with Crippen LogP contribution in [0.5, 0.6) is 11.5 Å². The third-order valence-electron chi connectivity index (χ3n) is 2.53. The lowest BCUT2D eigenvalue weighted by Crippen LogP contribution is -2.35. The van der Waals surface area contributed by atoms with E-state index in [-0.39, 0.29) is 17.2 Å². The summed E-state index contributed by atoms with van der Waals surface area (Å²) in [5, 5.41) is 18.6. The minimum Gasteiger partial charge on any atom is -0.504 e. The first-order chi connectivity index (χ1) is 7.43. The maximum Gasteiger partial charge on any atom is 0.261 e. The second kappa shape index (κ2) is 3.23. The van der Waals surface area contributed by atoms with Gasteiger partial charge in [-0.25, -0.2) is 0 Å². The van der Waals surface area contributed by atoms with Crippen LogP contribution in [-0.2, 0) is 0 Å². The van der Waals surface area contributed by atoms with Crippen molar-refractivity contribution in [3.05, 3.63) is 23.3 Å². The molecule has 16 heavy (non-hydrogen) atoms. The van der Waals surface area contributed by atoms with Crippen LogP contribution in [-0.4, -0.2) is 33.0 Å². The van der Waals surface area contributed by atoms with Crippen molar-refractivity contribution in [3.63, 3.8) is 0 Å². The lowest BCUT2D eigenvalue weighted by Gasteiger charge is -2.17. The van der Waals surface area contributed by atoms with Gasteiger partial charge in [0.2, 0.25) is 0 Å². The number of rotatable bonds is 1. The topological polar surface area (TPSA) is 77.8 Å². The van der Waals surface area contributed by atoms with Gasteiger partial charge in [0.15, 0.2) is 11.5 Å². The number of nitrogens with zero attached hydrogens (tertiary/aromatic N) is 1. The summed E-state index contributed by atoms with van der Waals surface area (Å²) in [6, 6.07) is 1.98. The number of carbonyl (C=O) groups excluding carboxylic acids is 2. The molecule has 2 N–H and O–H groups in total. The monoisotopic (exact) mass is 221 g/mol.